The Morgan fingerprint density at radius 3 is 2.79 bits per heavy atom. The molecule has 34 heavy (non-hydrogen) atoms. The normalized spacial score (nSPS) is 16.4. The van der Waals surface area contributed by atoms with Crippen molar-refractivity contribution in [2.45, 2.75) is 46.1 Å². The first-order chi connectivity index (χ1) is 16.6. The van der Waals surface area contributed by atoms with Crippen LogP contribution in [0.15, 0.2) is 48.8 Å². The third kappa shape index (κ3) is 3.67. The van der Waals surface area contributed by atoms with E-state index in [1.54, 1.807) is 6.20 Å². The van der Waals surface area contributed by atoms with E-state index in [4.69, 9.17) is 9.47 Å². The second-order valence-electron chi connectivity index (χ2n) is 9.17. The minimum absolute atomic E-state index is 0.180. The van der Waals surface area contributed by atoms with Gasteiger partial charge in [0.1, 0.15) is 10.4 Å². The summed E-state index contributed by atoms with van der Waals surface area (Å²) >= 11 is 1.41. The fourth-order valence-corrected chi connectivity index (χ4v) is 5.82. The fourth-order valence-electron chi connectivity index (χ4n) is 5.15. The van der Waals surface area contributed by atoms with Crippen LogP contribution in [0.4, 0.5) is 0 Å². The number of rotatable bonds is 4. The summed E-state index contributed by atoms with van der Waals surface area (Å²) in [7, 11) is 0. The SMILES string of the molecule is Cc1cc(Oc2nccc3cnsc23)ccc1-c1c(C)cc2[nH]c(C3CCCCO3)cc2c1C. The lowest BCUT2D eigenvalue weighted by Gasteiger charge is -2.21. The van der Waals surface area contributed by atoms with Crippen LogP contribution in [0.1, 0.15) is 47.8 Å². The van der Waals surface area contributed by atoms with Crippen molar-refractivity contribution >= 4 is 32.5 Å². The highest BCUT2D eigenvalue weighted by Crippen LogP contribution is 2.39. The van der Waals surface area contributed by atoms with Gasteiger partial charge in [-0.25, -0.2) is 4.98 Å². The summed E-state index contributed by atoms with van der Waals surface area (Å²) in [4.78, 5) is 8.06. The van der Waals surface area contributed by atoms with Crippen LogP contribution in [0.5, 0.6) is 11.6 Å². The lowest BCUT2D eigenvalue weighted by Crippen LogP contribution is -2.11. The van der Waals surface area contributed by atoms with Crippen molar-refractivity contribution in [2.24, 2.45) is 0 Å². The third-order valence-corrected chi connectivity index (χ3v) is 7.65. The van der Waals surface area contributed by atoms with Crippen molar-refractivity contribution in [2.75, 3.05) is 6.61 Å². The molecule has 1 atom stereocenters. The summed E-state index contributed by atoms with van der Waals surface area (Å²) in [6.07, 6.45) is 7.26. The maximum Gasteiger partial charge on any atom is 0.238 e. The Morgan fingerprint density at radius 2 is 1.97 bits per heavy atom. The van der Waals surface area contributed by atoms with Crippen LogP contribution in [0.2, 0.25) is 0 Å². The molecule has 0 aliphatic carbocycles. The second-order valence-corrected chi connectivity index (χ2v) is 9.98. The Kier molecular flexibility index (Phi) is 5.35. The number of hydrogen-bond donors (Lipinski definition) is 1. The van der Waals surface area contributed by atoms with Crippen molar-refractivity contribution in [3.05, 3.63) is 71.2 Å². The monoisotopic (exact) mass is 469 g/mol. The molecule has 0 radical (unpaired) electrons. The summed E-state index contributed by atoms with van der Waals surface area (Å²) in [5.74, 6) is 1.38. The van der Waals surface area contributed by atoms with E-state index in [9.17, 15) is 0 Å². The lowest BCUT2D eigenvalue weighted by molar-refractivity contribution is 0.0127. The lowest BCUT2D eigenvalue weighted by atomic mass is 9.90. The Hall–Kier alpha value is -3.22. The number of ether oxygens (including phenoxy) is 2. The van der Waals surface area contributed by atoms with E-state index in [0.29, 0.717) is 5.88 Å². The molecule has 3 aromatic heterocycles. The van der Waals surface area contributed by atoms with Gasteiger partial charge in [0, 0.05) is 41.0 Å². The second kappa shape index (κ2) is 8.53. The molecule has 5 nitrogen and oxygen atoms in total. The molecule has 172 valence electrons. The zero-order valence-corrected chi connectivity index (χ0v) is 20.5. The molecule has 1 aliphatic heterocycles. The first-order valence-electron chi connectivity index (χ1n) is 11.8. The van der Waals surface area contributed by atoms with Gasteiger partial charge in [0.05, 0.1) is 6.10 Å². The number of pyridine rings is 1. The number of H-pyrrole nitrogens is 1. The predicted octanol–water partition coefficient (Wildman–Crippen LogP) is 7.80. The molecule has 2 aromatic carbocycles. The number of benzene rings is 2. The molecule has 6 rings (SSSR count). The molecule has 0 spiro atoms. The first kappa shape index (κ1) is 21.3. The Labute approximate surface area is 202 Å². The number of hydrogen-bond acceptors (Lipinski definition) is 5. The summed E-state index contributed by atoms with van der Waals surface area (Å²) in [5, 5.41) is 2.32. The van der Waals surface area contributed by atoms with Gasteiger partial charge in [0.2, 0.25) is 5.88 Å². The zero-order valence-electron chi connectivity index (χ0n) is 19.6. The van der Waals surface area contributed by atoms with E-state index in [1.807, 2.05) is 18.3 Å². The highest BCUT2D eigenvalue weighted by atomic mass is 32.1. The van der Waals surface area contributed by atoms with Crippen LogP contribution >= 0.6 is 11.5 Å². The Morgan fingerprint density at radius 1 is 1.06 bits per heavy atom. The minimum Gasteiger partial charge on any atom is -0.438 e. The average Bonchev–Trinajstić information content (AvgIpc) is 3.49. The van der Waals surface area contributed by atoms with Gasteiger partial charge in [-0.1, -0.05) is 6.07 Å². The van der Waals surface area contributed by atoms with Crippen molar-refractivity contribution < 1.29 is 9.47 Å². The number of nitrogens with zero attached hydrogens (tertiary/aromatic N) is 2. The van der Waals surface area contributed by atoms with Gasteiger partial charge in [-0.15, -0.1) is 0 Å². The van der Waals surface area contributed by atoms with E-state index < -0.39 is 0 Å². The van der Waals surface area contributed by atoms with Crippen LogP contribution in [0.3, 0.4) is 0 Å². The summed E-state index contributed by atoms with van der Waals surface area (Å²) in [5.41, 5.74) is 8.62. The van der Waals surface area contributed by atoms with Gasteiger partial charge in [-0.2, -0.15) is 4.37 Å². The van der Waals surface area contributed by atoms with Gasteiger partial charge in [0.15, 0.2) is 0 Å². The summed E-state index contributed by atoms with van der Waals surface area (Å²) in [6.45, 7) is 7.41. The maximum absolute atomic E-state index is 6.16. The Balaban J connectivity index is 1.36. The van der Waals surface area contributed by atoms with Gasteiger partial charge in [-0.05, 0) is 110 Å². The van der Waals surface area contributed by atoms with Crippen molar-refractivity contribution in [3.63, 3.8) is 0 Å². The standard InChI is InChI=1S/C28H27N3O2S/c1-16-12-20(33-28-27-19(9-10-29-28)15-30-34-27)7-8-21(16)26-17(2)13-23-22(18(26)3)14-24(31-23)25-6-4-5-11-32-25/h7-10,12-15,25,31H,4-6,11H2,1-3H3. The number of aromatic nitrogens is 3. The van der Waals surface area contributed by atoms with Crippen LogP contribution in [0, 0.1) is 20.8 Å². The molecule has 1 aliphatic rings. The molecule has 1 saturated heterocycles. The van der Waals surface area contributed by atoms with Crippen molar-refractivity contribution in [3.8, 4) is 22.8 Å². The molecular weight excluding hydrogens is 442 g/mol. The number of aryl methyl sites for hydroxylation is 3. The maximum atomic E-state index is 6.16. The molecule has 0 bridgehead atoms. The van der Waals surface area contributed by atoms with Crippen molar-refractivity contribution in [1.29, 1.82) is 0 Å². The number of nitrogens with one attached hydrogen (secondary N) is 1. The molecule has 1 N–H and O–H groups in total. The van der Waals surface area contributed by atoms with E-state index in [2.05, 4.69) is 59.4 Å². The Bertz CT molecular complexity index is 1510. The van der Waals surface area contributed by atoms with Crippen LogP contribution in [-0.4, -0.2) is 20.9 Å². The van der Waals surface area contributed by atoms with Crippen LogP contribution < -0.4 is 4.74 Å². The molecule has 1 fully saturated rings. The topological polar surface area (TPSA) is 60.0 Å². The minimum atomic E-state index is 0.180. The van der Waals surface area contributed by atoms with Crippen LogP contribution in [0.25, 0.3) is 32.1 Å². The van der Waals surface area contributed by atoms with Crippen molar-refractivity contribution in [1.82, 2.24) is 14.3 Å². The van der Waals surface area contributed by atoms with Gasteiger partial charge >= 0.3 is 0 Å². The van der Waals surface area contributed by atoms with Gasteiger partial charge < -0.3 is 14.5 Å². The summed E-state index contributed by atoms with van der Waals surface area (Å²) < 4.78 is 17.4. The van der Waals surface area contributed by atoms with Crippen LogP contribution in [-0.2, 0) is 4.74 Å². The number of aromatic amines is 1. The average molecular weight is 470 g/mol. The first-order valence-corrected chi connectivity index (χ1v) is 12.6. The smallest absolute Gasteiger partial charge is 0.238 e. The molecule has 1 unspecified atom stereocenters. The highest BCUT2D eigenvalue weighted by molar-refractivity contribution is 7.13. The molecule has 0 saturated carbocycles. The molecule has 5 aromatic rings. The largest absolute Gasteiger partial charge is 0.438 e. The molecule has 4 heterocycles. The fraction of sp³-hybridized carbons (Fsp3) is 0.286. The summed E-state index contributed by atoms with van der Waals surface area (Å²) in [6, 6.07) is 12.8. The zero-order chi connectivity index (χ0) is 23.2. The van der Waals surface area contributed by atoms with Gasteiger partial charge in [-0.3, -0.25) is 0 Å². The highest BCUT2D eigenvalue weighted by Gasteiger charge is 2.20. The molecular formula is C28H27N3O2S. The predicted molar refractivity (Wildman–Crippen MR) is 138 cm³/mol. The van der Waals surface area contributed by atoms with E-state index in [1.165, 1.54) is 62.4 Å². The molecule has 6 heteroatoms. The number of fused-ring (bicyclic) bond motifs is 2. The molecule has 0 amide bonds. The quantitative estimate of drug-likeness (QED) is 0.292. The van der Waals surface area contributed by atoms with E-state index in [-0.39, 0.29) is 6.10 Å². The van der Waals surface area contributed by atoms with E-state index >= 15 is 0 Å². The third-order valence-electron chi connectivity index (χ3n) is 6.85. The van der Waals surface area contributed by atoms with Gasteiger partial charge in [0.25, 0.3) is 0 Å². The van der Waals surface area contributed by atoms with E-state index in [0.717, 1.165) is 35.3 Å².